The van der Waals surface area contributed by atoms with Gasteiger partial charge in [0.25, 0.3) is 0 Å². The summed E-state index contributed by atoms with van der Waals surface area (Å²) in [6.07, 6.45) is 3.92. The summed E-state index contributed by atoms with van der Waals surface area (Å²) in [6.45, 7) is 5.19. The molecule has 1 aliphatic heterocycles. The SMILES string of the molecule is CSC[C@@H](C(=O)N1CCC[C@H](NC(=O)C(C)C)C1)c1ccccc1. The summed E-state index contributed by atoms with van der Waals surface area (Å²) in [5, 5.41) is 3.08. The number of likely N-dealkylation sites (tertiary alicyclic amines) is 1. The first-order valence-electron chi connectivity index (χ1n) is 8.66. The highest BCUT2D eigenvalue weighted by Crippen LogP contribution is 2.24. The van der Waals surface area contributed by atoms with Crippen LogP contribution in [0.3, 0.4) is 0 Å². The van der Waals surface area contributed by atoms with Crippen molar-refractivity contribution in [3.8, 4) is 0 Å². The van der Waals surface area contributed by atoms with Gasteiger partial charge in [0, 0.05) is 30.8 Å². The minimum atomic E-state index is -0.110. The summed E-state index contributed by atoms with van der Waals surface area (Å²) in [5.74, 6) is 0.894. The van der Waals surface area contributed by atoms with Crippen molar-refractivity contribution in [2.45, 2.75) is 38.6 Å². The predicted molar refractivity (Wildman–Crippen MR) is 100 cm³/mol. The molecule has 1 aromatic carbocycles. The fourth-order valence-corrected chi connectivity index (χ4v) is 3.71. The van der Waals surface area contributed by atoms with Crippen LogP contribution in [0.5, 0.6) is 0 Å². The molecule has 1 heterocycles. The molecule has 0 unspecified atom stereocenters. The van der Waals surface area contributed by atoms with Crippen LogP contribution in [0, 0.1) is 5.92 Å². The summed E-state index contributed by atoms with van der Waals surface area (Å²) < 4.78 is 0. The number of thioether (sulfide) groups is 1. The van der Waals surface area contributed by atoms with Crippen LogP contribution in [-0.4, -0.2) is 47.9 Å². The van der Waals surface area contributed by atoms with Gasteiger partial charge < -0.3 is 10.2 Å². The van der Waals surface area contributed by atoms with Crippen LogP contribution in [-0.2, 0) is 9.59 Å². The quantitative estimate of drug-likeness (QED) is 0.860. The number of hydrogen-bond acceptors (Lipinski definition) is 3. The van der Waals surface area contributed by atoms with Crippen molar-refractivity contribution in [2.75, 3.05) is 25.1 Å². The molecule has 1 aliphatic rings. The lowest BCUT2D eigenvalue weighted by Crippen LogP contribution is -2.51. The first-order chi connectivity index (χ1) is 11.5. The molecule has 0 aliphatic carbocycles. The molecule has 0 aromatic heterocycles. The zero-order chi connectivity index (χ0) is 17.5. The van der Waals surface area contributed by atoms with E-state index in [1.54, 1.807) is 11.8 Å². The maximum atomic E-state index is 13.1. The highest BCUT2D eigenvalue weighted by atomic mass is 32.2. The van der Waals surface area contributed by atoms with E-state index in [0.717, 1.165) is 30.7 Å². The molecule has 24 heavy (non-hydrogen) atoms. The van der Waals surface area contributed by atoms with Crippen LogP contribution in [0.2, 0.25) is 0 Å². The van der Waals surface area contributed by atoms with Crippen LogP contribution < -0.4 is 5.32 Å². The zero-order valence-corrected chi connectivity index (χ0v) is 15.6. The number of nitrogens with one attached hydrogen (secondary N) is 1. The summed E-state index contributed by atoms with van der Waals surface area (Å²) in [5.41, 5.74) is 1.07. The molecule has 0 saturated carbocycles. The zero-order valence-electron chi connectivity index (χ0n) is 14.8. The van der Waals surface area contributed by atoms with Crippen molar-refractivity contribution >= 4 is 23.6 Å². The second-order valence-electron chi connectivity index (χ2n) is 6.71. The number of nitrogens with zero attached hydrogens (tertiary/aromatic N) is 1. The van der Waals surface area contributed by atoms with Gasteiger partial charge in [0.2, 0.25) is 11.8 Å². The Bertz CT molecular complexity index is 548. The normalized spacial score (nSPS) is 19.2. The molecule has 132 valence electrons. The molecule has 1 fully saturated rings. The molecule has 1 N–H and O–H groups in total. The number of carbonyl (C=O) groups is 2. The van der Waals surface area contributed by atoms with Crippen molar-refractivity contribution in [1.82, 2.24) is 10.2 Å². The molecule has 1 aromatic rings. The first kappa shape index (κ1) is 18.8. The largest absolute Gasteiger partial charge is 0.351 e. The van der Waals surface area contributed by atoms with Gasteiger partial charge in [-0.15, -0.1) is 0 Å². The average molecular weight is 349 g/mol. The van der Waals surface area contributed by atoms with E-state index in [4.69, 9.17) is 0 Å². The fourth-order valence-electron chi connectivity index (χ4n) is 3.05. The van der Waals surface area contributed by atoms with Crippen LogP contribution in [0.1, 0.15) is 38.2 Å². The molecular weight excluding hydrogens is 320 g/mol. The minimum absolute atomic E-state index is 0.0235. The monoisotopic (exact) mass is 348 g/mol. The molecule has 0 radical (unpaired) electrons. The van der Waals surface area contributed by atoms with E-state index in [0.29, 0.717) is 6.54 Å². The molecule has 2 amide bonds. The predicted octanol–water partition coefficient (Wildman–Crippen LogP) is 2.90. The standard InChI is InChI=1S/C19H28N2O2S/c1-14(2)18(22)20-16-10-7-11-21(12-16)19(23)17(13-24-3)15-8-5-4-6-9-15/h4-6,8-9,14,16-17H,7,10-13H2,1-3H3,(H,20,22)/t16-,17+/m0/s1. The fraction of sp³-hybridized carbons (Fsp3) is 0.579. The van der Waals surface area contributed by atoms with E-state index in [9.17, 15) is 9.59 Å². The van der Waals surface area contributed by atoms with Crippen molar-refractivity contribution in [3.05, 3.63) is 35.9 Å². The van der Waals surface area contributed by atoms with E-state index in [1.807, 2.05) is 55.3 Å². The molecule has 2 atom stereocenters. The van der Waals surface area contributed by atoms with E-state index in [2.05, 4.69) is 5.32 Å². The molecular formula is C19H28N2O2S. The van der Waals surface area contributed by atoms with Crippen LogP contribution in [0.15, 0.2) is 30.3 Å². The minimum Gasteiger partial charge on any atom is -0.351 e. The molecule has 4 nitrogen and oxygen atoms in total. The molecule has 1 saturated heterocycles. The van der Waals surface area contributed by atoms with Gasteiger partial charge in [-0.1, -0.05) is 44.2 Å². The Morgan fingerprint density at radius 1 is 1.29 bits per heavy atom. The van der Waals surface area contributed by atoms with Crippen LogP contribution in [0.25, 0.3) is 0 Å². The summed E-state index contributed by atoms with van der Waals surface area (Å²) >= 11 is 1.70. The lowest BCUT2D eigenvalue weighted by Gasteiger charge is -2.35. The van der Waals surface area contributed by atoms with Crippen molar-refractivity contribution in [1.29, 1.82) is 0 Å². The third-order valence-corrected chi connectivity index (χ3v) is 5.10. The third kappa shape index (κ3) is 5.00. The number of benzene rings is 1. The van der Waals surface area contributed by atoms with Gasteiger partial charge in [-0.25, -0.2) is 0 Å². The number of carbonyl (C=O) groups excluding carboxylic acids is 2. The Morgan fingerprint density at radius 2 is 2.00 bits per heavy atom. The van der Waals surface area contributed by atoms with Crippen molar-refractivity contribution in [3.63, 3.8) is 0 Å². The Labute approximate surface area is 149 Å². The van der Waals surface area contributed by atoms with Crippen molar-refractivity contribution < 1.29 is 9.59 Å². The van der Waals surface area contributed by atoms with Gasteiger partial charge in [0.05, 0.1) is 5.92 Å². The summed E-state index contributed by atoms with van der Waals surface area (Å²) in [7, 11) is 0. The first-order valence-corrected chi connectivity index (χ1v) is 10.0. The average Bonchev–Trinajstić information content (AvgIpc) is 2.60. The lowest BCUT2D eigenvalue weighted by atomic mass is 9.97. The van der Waals surface area contributed by atoms with Crippen molar-refractivity contribution in [2.24, 2.45) is 5.92 Å². The molecule has 5 heteroatoms. The lowest BCUT2D eigenvalue weighted by molar-refractivity contribution is -0.135. The molecule has 0 spiro atoms. The van der Waals surface area contributed by atoms with E-state index < -0.39 is 0 Å². The Morgan fingerprint density at radius 3 is 2.62 bits per heavy atom. The maximum absolute atomic E-state index is 13.1. The Balaban J connectivity index is 2.05. The second-order valence-corrected chi connectivity index (χ2v) is 7.62. The Kier molecular flexibility index (Phi) is 7.16. The topological polar surface area (TPSA) is 49.4 Å². The molecule has 0 bridgehead atoms. The van der Waals surface area contributed by atoms with Gasteiger partial charge in [-0.05, 0) is 24.7 Å². The number of amides is 2. The smallest absolute Gasteiger partial charge is 0.231 e. The van der Waals surface area contributed by atoms with E-state index in [-0.39, 0.29) is 29.7 Å². The van der Waals surface area contributed by atoms with E-state index in [1.165, 1.54) is 0 Å². The number of rotatable bonds is 6. The number of hydrogen-bond donors (Lipinski definition) is 1. The van der Waals surface area contributed by atoms with E-state index >= 15 is 0 Å². The van der Waals surface area contributed by atoms with Gasteiger partial charge >= 0.3 is 0 Å². The van der Waals surface area contributed by atoms with Gasteiger partial charge in [-0.2, -0.15) is 11.8 Å². The number of piperidine rings is 1. The van der Waals surface area contributed by atoms with Gasteiger partial charge in [-0.3, -0.25) is 9.59 Å². The second kappa shape index (κ2) is 9.11. The van der Waals surface area contributed by atoms with Crippen LogP contribution in [0.4, 0.5) is 0 Å². The highest BCUT2D eigenvalue weighted by molar-refractivity contribution is 7.98. The summed E-state index contributed by atoms with van der Waals surface area (Å²) in [6, 6.07) is 10.1. The van der Waals surface area contributed by atoms with Gasteiger partial charge in [0.15, 0.2) is 0 Å². The van der Waals surface area contributed by atoms with Crippen LogP contribution >= 0.6 is 11.8 Å². The highest BCUT2D eigenvalue weighted by Gasteiger charge is 2.30. The molecule has 2 rings (SSSR count). The maximum Gasteiger partial charge on any atom is 0.231 e. The Hall–Kier alpha value is -1.49. The van der Waals surface area contributed by atoms with Gasteiger partial charge in [0.1, 0.15) is 0 Å². The summed E-state index contributed by atoms with van der Waals surface area (Å²) in [4.78, 5) is 26.9. The third-order valence-electron chi connectivity index (χ3n) is 4.44.